The number of nitrogens with zero attached hydrogens (tertiary/aromatic N) is 1. The molecule has 0 aliphatic heterocycles. The largest absolute Gasteiger partial charge is 0.493 e. The number of methoxy groups -OCH3 is 1. The maximum atomic E-state index is 14.6. The third-order valence-electron chi connectivity index (χ3n) is 6.84. The zero-order valence-electron chi connectivity index (χ0n) is 22.8. The number of Topliss-reactive ketones (excluding diaryl/α,β-unsaturated/α-hetero) is 1. The van der Waals surface area contributed by atoms with E-state index in [9.17, 15) is 32.3 Å². The predicted octanol–water partition coefficient (Wildman–Crippen LogP) is 4.14. The van der Waals surface area contributed by atoms with Crippen molar-refractivity contribution in [3.8, 4) is 22.6 Å². The summed E-state index contributed by atoms with van der Waals surface area (Å²) in [4.78, 5) is 26.5. The van der Waals surface area contributed by atoms with Crippen molar-refractivity contribution in [3.63, 3.8) is 0 Å². The lowest BCUT2D eigenvalue weighted by Gasteiger charge is -2.34. The minimum atomic E-state index is -5.35. The number of rotatable bonds is 12. The molecule has 41 heavy (non-hydrogen) atoms. The van der Waals surface area contributed by atoms with Gasteiger partial charge in [0.1, 0.15) is 12.4 Å². The molecular formula is C29H32F4N2O6. The number of aromatic nitrogens is 1. The van der Waals surface area contributed by atoms with Crippen molar-refractivity contribution in [2.75, 3.05) is 26.9 Å². The number of nitrogens with two attached hydrogens (primary N) is 1. The summed E-state index contributed by atoms with van der Waals surface area (Å²) in [6.45, 7) is 2.92. The zero-order valence-corrected chi connectivity index (χ0v) is 22.8. The lowest BCUT2D eigenvalue weighted by atomic mass is 9.85. The van der Waals surface area contributed by atoms with Crippen LogP contribution in [0, 0.1) is 5.82 Å². The fourth-order valence-electron chi connectivity index (χ4n) is 4.15. The van der Waals surface area contributed by atoms with Gasteiger partial charge in [0.15, 0.2) is 28.3 Å². The van der Waals surface area contributed by atoms with Gasteiger partial charge < -0.3 is 30.0 Å². The summed E-state index contributed by atoms with van der Waals surface area (Å²) in [5, 5.41) is 20.1. The lowest BCUT2D eigenvalue weighted by Crippen LogP contribution is -2.47. The van der Waals surface area contributed by atoms with E-state index in [-0.39, 0.29) is 47.9 Å². The van der Waals surface area contributed by atoms with Crippen molar-refractivity contribution in [2.24, 2.45) is 5.73 Å². The van der Waals surface area contributed by atoms with Crippen molar-refractivity contribution in [1.82, 2.24) is 4.57 Å². The number of carbonyl (C=O) groups is 1. The fraction of sp³-hybridized carbons (Fsp3) is 0.379. The molecule has 0 saturated heterocycles. The fourth-order valence-corrected chi connectivity index (χ4v) is 4.15. The molecule has 1 unspecified atom stereocenters. The number of pyridine rings is 1. The second kappa shape index (κ2) is 12.4. The Morgan fingerprint density at radius 3 is 2.27 bits per heavy atom. The van der Waals surface area contributed by atoms with Crippen molar-refractivity contribution >= 4 is 5.78 Å². The highest BCUT2D eigenvalue weighted by atomic mass is 19.4. The maximum absolute atomic E-state index is 14.6. The first-order valence-electron chi connectivity index (χ1n) is 12.7. The summed E-state index contributed by atoms with van der Waals surface area (Å²) in [6, 6.07) is 8.56. The molecule has 0 aliphatic carbocycles. The molecule has 0 aliphatic rings. The summed E-state index contributed by atoms with van der Waals surface area (Å²) < 4.78 is 69.0. The van der Waals surface area contributed by atoms with Gasteiger partial charge in [0.05, 0.1) is 24.8 Å². The van der Waals surface area contributed by atoms with E-state index in [0.717, 1.165) is 18.3 Å². The third-order valence-corrected chi connectivity index (χ3v) is 6.84. The van der Waals surface area contributed by atoms with Crippen molar-refractivity contribution in [2.45, 2.75) is 44.0 Å². The molecule has 12 heteroatoms. The quantitative estimate of drug-likeness (QED) is 0.217. The zero-order chi connectivity index (χ0) is 30.6. The van der Waals surface area contributed by atoms with Crippen LogP contribution in [0.25, 0.3) is 11.1 Å². The van der Waals surface area contributed by atoms with Crippen molar-refractivity contribution in [1.29, 1.82) is 0 Å². The highest BCUT2D eigenvalue weighted by Crippen LogP contribution is 2.42. The summed E-state index contributed by atoms with van der Waals surface area (Å²) in [5.74, 6) is -1.03. The topological polar surface area (TPSA) is 124 Å². The molecule has 8 nitrogen and oxygen atoms in total. The van der Waals surface area contributed by atoms with E-state index < -0.39 is 52.8 Å². The van der Waals surface area contributed by atoms with Gasteiger partial charge in [-0.15, -0.1) is 0 Å². The first-order valence-corrected chi connectivity index (χ1v) is 12.7. The molecule has 3 rings (SSSR count). The summed E-state index contributed by atoms with van der Waals surface area (Å²) >= 11 is 0. The SMILES string of the molecule is COc1cc(C(=O)CCC(O)(c2cn(C(C)(C)CN)cc(-c3ccc(F)cc3)c2=O)C(F)(F)F)ccc1OCCO. The number of carbonyl (C=O) groups excluding carboxylic acids is 1. The Bertz CT molecular complexity index is 1440. The number of hydrogen-bond donors (Lipinski definition) is 3. The van der Waals surface area contributed by atoms with Gasteiger partial charge in [-0.05, 0) is 56.2 Å². The van der Waals surface area contributed by atoms with Crippen LogP contribution >= 0.6 is 0 Å². The Kier molecular flexibility index (Phi) is 9.62. The number of aliphatic hydroxyl groups excluding tert-OH is 1. The second-order valence-electron chi connectivity index (χ2n) is 10.1. The molecule has 3 aromatic rings. The van der Waals surface area contributed by atoms with Crippen LogP contribution in [0.3, 0.4) is 0 Å². The minimum absolute atomic E-state index is 0.00976. The molecule has 1 heterocycles. The van der Waals surface area contributed by atoms with Gasteiger partial charge in [0, 0.05) is 36.5 Å². The molecule has 0 radical (unpaired) electrons. The molecule has 0 bridgehead atoms. The number of alkyl halides is 3. The minimum Gasteiger partial charge on any atom is -0.493 e. The Hall–Kier alpha value is -3.74. The Labute approximate surface area is 233 Å². The van der Waals surface area contributed by atoms with Crippen LogP contribution in [-0.2, 0) is 11.1 Å². The summed E-state index contributed by atoms with van der Waals surface area (Å²) in [5.41, 5.74) is -1.04. The molecule has 4 N–H and O–H groups in total. The van der Waals surface area contributed by atoms with Crippen LogP contribution in [0.2, 0.25) is 0 Å². The van der Waals surface area contributed by atoms with E-state index in [4.69, 9.17) is 20.3 Å². The molecule has 1 aromatic heterocycles. The number of hydrogen-bond acceptors (Lipinski definition) is 7. The number of benzene rings is 2. The number of ether oxygens (including phenoxy) is 2. The van der Waals surface area contributed by atoms with Crippen LogP contribution in [0.15, 0.2) is 59.7 Å². The average molecular weight is 581 g/mol. The van der Waals surface area contributed by atoms with E-state index in [1.165, 1.54) is 48.2 Å². The van der Waals surface area contributed by atoms with Gasteiger partial charge >= 0.3 is 6.18 Å². The molecule has 222 valence electrons. The maximum Gasteiger partial charge on any atom is 0.421 e. The smallest absolute Gasteiger partial charge is 0.421 e. The van der Waals surface area contributed by atoms with Crippen LogP contribution in [0.4, 0.5) is 17.6 Å². The second-order valence-corrected chi connectivity index (χ2v) is 10.1. The van der Waals surface area contributed by atoms with Crippen LogP contribution < -0.4 is 20.6 Å². The molecule has 0 amide bonds. The first kappa shape index (κ1) is 31.8. The van der Waals surface area contributed by atoms with Crippen LogP contribution in [0.5, 0.6) is 11.5 Å². The van der Waals surface area contributed by atoms with Crippen LogP contribution in [-0.4, -0.2) is 53.6 Å². The van der Waals surface area contributed by atoms with E-state index in [1.54, 1.807) is 13.8 Å². The van der Waals surface area contributed by atoms with E-state index >= 15 is 0 Å². The molecule has 0 fully saturated rings. The van der Waals surface area contributed by atoms with Gasteiger partial charge in [-0.3, -0.25) is 9.59 Å². The average Bonchev–Trinajstić information content (AvgIpc) is 2.94. The normalized spacial score (nSPS) is 13.5. The molecule has 2 aromatic carbocycles. The predicted molar refractivity (Wildman–Crippen MR) is 144 cm³/mol. The third kappa shape index (κ3) is 6.77. The molecule has 0 saturated carbocycles. The van der Waals surface area contributed by atoms with Gasteiger partial charge in [0.2, 0.25) is 0 Å². The standard InChI is InChI=1S/C29H32F4N2O6/c1-27(2,17-34)35-15-21(18-4-7-20(30)8-5-18)26(38)22(16-35)28(39,29(31,32)33)11-10-23(37)19-6-9-24(41-13-12-36)25(14-19)40-3/h4-9,14-16,36,39H,10-13,17,34H2,1-3H3. The number of halogens is 4. The van der Waals surface area contributed by atoms with Crippen molar-refractivity contribution in [3.05, 3.63) is 82.0 Å². The van der Waals surface area contributed by atoms with Gasteiger partial charge in [-0.1, -0.05) is 12.1 Å². The number of aliphatic hydroxyl groups is 2. The van der Waals surface area contributed by atoms with Crippen molar-refractivity contribution < 1.29 is 42.0 Å². The Morgan fingerprint density at radius 1 is 1.05 bits per heavy atom. The number of ketones is 1. The van der Waals surface area contributed by atoms with Crippen LogP contribution in [0.1, 0.15) is 42.6 Å². The molecule has 0 spiro atoms. The molecule has 1 atom stereocenters. The molecular weight excluding hydrogens is 548 g/mol. The highest BCUT2D eigenvalue weighted by Gasteiger charge is 2.56. The van der Waals surface area contributed by atoms with E-state index in [2.05, 4.69) is 0 Å². The van der Waals surface area contributed by atoms with E-state index in [0.29, 0.717) is 0 Å². The Balaban J connectivity index is 2.09. The first-order chi connectivity index (χ1) is 19.2. The summed E-state index contributed by atoms with van der Waals surface area (Å²) in [6.07, 6.45) is -5.09. The Morgan fingerprint density at radius 2 is 1.71 bits per heavy atom. The monoisotopic (exact) mass is 580 g/mol. The van der Waals surface area contributed by atoms with Gasteiger partial charge in [-0.2, -0.15) is 13.2 Å². The highest BCUT2D eigenvalue weighted by molar-refractivity contribution is 5.96. The lowest BCUT2D eigenvalue weighted by molar-refractivity contribution is -0.269. The summed E-state index contributed by atoms with van der Waals surface area (Å²) in [7, 11) is 1.31. The van der Waals surface area contributed by atoms with Gasteiger partial charge in [0.25, 0.3) is 0 Å². The van der Waals surface area contributed by atoms with E-state index in [1.807, 2.05) is 0 Å². The van der Waals surface area contributed by atoms with Gasteiger partial charge in [-0.25, -0.2) is 4.39 Å².